The van der Waals surface area contributed by atoms with E-state index in [0.717, 1.165) is 25.0 Å². The molecule has 1 heterocycles. The maximum atomic E-state index is 11.3. The fourth-order valence-electron chi connectivity index (χ4n) is 3.42. The van der Waals surface area contributed by atoms with Gasteiger partial charge in [0.1, 0.15) is 5.75 Å². The van der Waals surface area contributed by atoms with Gasteiger partial charge in [0.05, 0.1) is 19.3 Å². The van der Waals surface area contributed by atoms with Crippen molar-refractivity contribution in [1.29, 1.82) is 0 Å². The Labute approximate surface area is 189 Å². The summed E-state index contributed by atoms with van der Waals surface area (Å²) in [4.78, 5) is 11.3. The van der Waals surface area contributed by atoms with E-state index in [9.17, 15) is 4.79 Å². The minimum atomic E-state index is -1.82. The molecule has 0 aromatic heterocycles. The Morgan fingerprint density at radius 3 is 2.35 bits per heavy atom. The van der Waals surface area contributed by atoms with E-state index in [1.54, 1.807) is 0 Å². The summed E-state index contributed by atoms with van der Waals surface area (Å²) in [5.74, 6) is -0.0202. The fourth-order valence-corrected chi connectivity index (χ4v) is 4.46. The first-order chi connectivity index (χ1) is 14.3. The molecule has 1 aromatic carbocycles. The number of carbonyl (C=O) groups excluding carboxylic acids is 1. The second kappa shape index (κ2) is 10.3. The number of aryl methyl sites for hydroxylation is 1. The Balaban J connectivity index is 1.91. The van der Waals surface area contributed by atoms with Gasteiger partial charge in [-0.2, -0.15) is 0 Å². The summed E-state index contributed by atoms with van der Waals surface area (Å²) in [5.41, 5.74) is 1.28. The maximum Gasteiger partial charge on any atom is 0.330 e. The van der Waals surface area contributed by atoms with Gasteiger partial charge in [-0.15, -0.1) is 0 Å². The molecule has 1 aromatic rings. The van der Waals surface area contributed by atoms with Crippen LogP contribution in [0.15, 0.2) is 36.4 Å². The summed E-state index contributed by atoms with van der Waals surface area (Å²) in [7, 11) is -0.444. The van der Waals surface area contributed by atoms with E-state index in [1.165, 1.54) is 18.7 Å². The van der Waals surface area contributed by atoms with Crippen LogP contribution in [0.1, 0.15) is 59.4 Å². The fraction of sp³-hybridized carbons (Fsp3) is 0.640. The van der Waals surface area contributed by atoms with E-state index in [-0.39, 0.29) is 23.2 Å². The van der Waals surface area contributed by atoms with Gasteiger partial charge in [-0.05, 0) is 68.9 Å². The number of rotatable bonds is 8. The van der Waals surface area contributed by atoms with Gasteiger partial charge in [0.15, 0.2) is 5.79 Å². The van der Waals surface area contributed by atoms with Crippen molar-refractivity contribution >= 4 is 14.3 Å². The van der Waals surface area contributed by atoms with Gasteiger partial charge in [0, 0.05) is 12.5 Å². The maximum absolute atomic E-state index is 11.3. The lowest BCUT2D eigenvalue weighted by atomic mass is 9.99. The van der Waals surface area contributed by atoms with Crippen molar-refractivity contribution in [3.63, 3.8) is 0 Å². The number of methoxy groups -OCH3 is 1. The molecule has 0 spiro atoms. The minimum Gasteiger partial charge on any atom is -0.544 e. The van der Waals surface area contributed by atoms with Crippen molar-refractivity contribution in [3.8, 4) is 5.75 Å². The highest BCUT2D eigenvalue weighted by Crippen LogP contribution is 2.37. The molecule has 1 aliphatic heterocycles. The van der Waals surface area contributed by atoms with Crippen LogP contribution in [0.4, 0.5) is 0 Å². The van der Waals surface area contributed by atoms with E-state index >= 15 is 0 Å². The van der Waals surface area contributed by atoms with Crippen molar-refractivity contribution in [3.05, 3.63) is 42.0 Å². The quantitative estimate of drug-likeness (QED) is 0.276. The van der Waals surface area contributed by atoms with Crippen LogP contribution < -0.4 is 4.43 Å². The van der Waals surface area contributed by atoms with Gasteiger partial charge in [-0.3, -0.25) is 0 Å². The van der Waals surface area contributed by atoms with Gasteiger partial charge in [-0.1, -0.05) is 39.0 Å². The van der Waals surface area contributed by atoms with Gasteiger partial charge in [-0.25, -0.2) is 4.79 Å². The summed E-state index contributed by atoms with van der Waals surface area (Å²) < 4.78 is 23.2. The van der Waals surface area contributed by atoms with Crippen molar-refractivity contribution in [1.82, 2.24) is 0 Å². The van der Waals surface area contributed by atoms with Gasteiger partial charge in [0.2, 0.25) is 8.32 Å². The molecule has 0 aliphatic carbocycles. The third kappa shape index (κ3) is 8.09. The predicted molar refractivity (Wildman–Crippen MR) is 127 cm³/mol. The summed E-state index contributed by atoms with van der Waals surface area (Å²) in [5, 5.41) is 0.182. The van der Waals surface area contributed by atoms with E-state index in [4.69, 9.17) is 13.9 Å². The second-order valence-electron chi connectivity index (χ2n) is 10.3. The van der Waals surface area contributed by atoms with Crippen LogP contribution in [0.25, 0.3) is 0 Å². The standard InChI is InChI=1S/C25H40O5Si/c1-24(2,3)31(7,8)30-20-15-12-19(13-16-20)14-17-22-18-21(28-25(4,5)29-22)10-9-11-23(26)27-6/h9,11-13,15-16,21-22H,10,14,17-18H2,1-8H3/b11-9-/t21-,22+/m1/s1. The molecule has 0 bridgehead atoms. The molecule has 0 radical (unpaired) electrons. The molecule has 1 fully saturated rings. The number of ether oxygens (including phenoxy) is 3. The molecule has 5 nitrogen and oxygen atoms in total. The van der Waals surface area contributed by atoms with Crippen LogP contribution >= 0.6 is 0 Å². The monoisotopic (exact) mass is 448 g/mol. The average molecular weight is 449 g/mol. The van der Waals surface area contributed by atoms with Crippen LogP contribution in [0.2, 0.25) is 18.1 Å². The zero-order valence-electron chi connectivity index (χ0n) is 20.5. The van der Waals surface area contributed by atoms with Gasteiger partial charge in [0.25, 0.3) is 0 Å². The number of esters is 1. The molecule has 1 saturated heterocycles. The largest absolute Gasteiger partial charge is 0.544 e. The highest BCUT2D eigenvalue weighted by Gasteiger charge is 2.39. The number of benzene rings is 1. The number of carbonyl (C=O) groups is 1. The first-order valence-corrected chi connectivity index (χ1v) is 14.1. The second-order valence-corrected chi connectivity index (χ2v) is 15.0. The topological polar surface area (TPSA) is 54.0 Å². The van der Waals surface area contributed by atoms with Crippen LogP contribution in [0.5, 0.6) is 5.75 Å². The molecule has 2 atom stereocenters. The molecule has 6 heteroatoms. The first kappa shape index (κ1) is 25.6. The van der Waals surface area contributed by atoms with Gasteiger partial charge < -0.3 is 18.6 Å². The molecule has 2 rings (SSSR count). The minimum absolute atomic E-state index is 0.0232. The number of hydrogen-bond donors (Lipinski definition) is 0. The highest BCUT2D eigenvalue weighted by atomic mass is 28.4. The molecule has 0 saturated carbocycles. The summed E-state index contributed by atoms with van der Waals surface area (Å²) in [6, 6.07) is 8.49. The molecular formula is C25H40O5Si. The summed E-state index contributed by atoms with van der Waals surface area (Å²) in [6.07, 6.45) is 6.74. The molecule has 1 aliphatic rings. The molecule has 174 valence electrons. The molecule has 31 heavy (non-hydrogen) atoms. The number of hydrogen-bond acceptors (Lipinski definition) is 5. The van der Waals surface area contributed by atoms with Crippen LogP contribution in [0.3, 0.4) is 0 Å². The van der Waals surface area contributed by atoms with Crippen molar-refractivity contribution in [2.45, 2.75) is 96.4 Å². The normalized spacial score (nSPS) is 21.8. The third-order valence-electron chi connectivity index (χ3n) is 6.14. The lowest BCUT2D eigenvalue weighted by molar-refractivity contribution is -0.299. The van der Waals surface area contributed by atoms with Crippen LogP contribution in [-0.4, -0.2) is 39.4 Å². The molecule has 0 amide bonds. The van der Waals surface area contributed by atoms with Crippen LogP contribution in [-0.2, 0) is 25.4 Å². The van der Waals surface area contributed by atoms with E-state index in [1.807, 2.05) is 19.9 Å². The average Bonchev–Trinajstić information content (AvgIpc) is 2.65. The predicted octanol–water partition coefficient (Wildman–Crippen LogP) is 6.03. The van der Waals surface area contributed by atoms with Gasteiger partial charge >= 0.3 is 5.97 Å². The summed E-state index contributed by atoms with van der Waals surface area (Å²) in [6.45, 7) is 15.2. The Morgan fingerprint density at radius 1 is 1.16 bits per heavy atom. The SMILES string of the molecule is COC(=O)/C=C\C[C@@H]1C[C@H](CCc2ccc(O[Si](C)(C)C(C)(C)C)cc2)OC(C)(C)O1. The zero-order valence-corrected chi connectivity index (χ0v) is 21.5. The Kier molecular flexibility index (Phi) is 8.53. The van der Waals surface area contributed by atoms with Crippen molar-refractivity contribution in [2.75, 3.05) is 7.11 Å². The lowest BCUT2D eigenvalue weighted by Gasteiger charge is -2.40. The Morgan fingerprint density at radius 2 is 1.77 bits per heavy atom. The summed E-state index contributed by atoms with van der Waals surface area (Å²) >= 11 is 0. The smallest absolute Gasteiger partial charge is 0.330 e. The zero-order chi connectivity index (χ0) is 23.3. The van der Waals surface area contributed by atoms with E-state index in [0.29, 0.717) is 6.42 Å². The third-order valence-corrected chi connectivity index (χ3v) is 10.5. The Bertz CT molecular complexity index is 746. The lowest BCUT2D eigenvalue weighted by Crippen LogP contribution is -2.44. The van der Waals surface area contributed by atoms with Crippen LogP contribution in [0, 0.1) is 0 Å². The Hall–Kier alpha value is -1.63. The molecule has 0 N–H and O–H groups in total. The molecule has 0 unspecified atom stereocenters. The van der Waals surface area contributed by atoms with E-state index < -0.39 is 14.1 Å². The van der Waals surface area contributed by atoms with E-state index in [2.05, 4.69) is 62.9 Å². The first-order valence-electron chi connectivity index (χ1n) is 11.2. The highest BCUT2D eigenvalue weighted by molar-refractivity contribution is 6.74. The van der Waals surface area contributed by atoms with Crippen molar-refractivity contribution in [2.24, 2.45) is 0 Å². The molecular weight excluding hydrogens is 408 g/mol. The van der Waals surface area contributed by atoms with Crippen molar-refractivity contribution < 1.29 is 23.4 Å².